The molecule has 1 heterocycles. The monoisotopic (exact) mass is 392 g/mol. The predicted octanol–water partition coefficient (Wildman–Crippen LogP) is 2.13. The lowest BCUT2D eigenvalue weighted by atomic mass is 10.1. The molecule has 27 heavy (non-hydrogen) atoms. The van der Waals surface area contributed by atoms with Crippen molar-refractivity contribution in [3.05, 3.63) is 59.4 Å². The van der Waals surface area contributed by atoms with Gasteiger partial charge in [0, 0.05) is 24.6 Å². The lowest BCUT2D eigenvalue weighted by Crippen LogP contribution is -2.37. The molecular formula is C19H21FN2O4S. The first-order valence-electron chi connectivity index (χ1n) is 8.58. The Kier molecular flexibility index (Phi) is 5.48. The number of nitrogens with one attached hydrogen (secondary N) is 2. The number of halogens is 1. The highest BCUT2D eigenvalue weighted by Crippen LogP contribution is 2.29. The molecule has 6 nitrogen and oxygen atoms in total. The molecule has 0 bridgehead atoms. The number of benzene rings is 2. The molecule has 1 aliphatic heterocycles. The second-order valence-electron chi connectivity index (χ2n) is 6.70. The summed E-state index contributed by atoms with van der Waals surface area (Å²) >= 11 is 0. The van der Waals surface area contributed by atoms with Gasteiger partial charge in [-0.2, -0.15) is 0 Å². The Labute approximate surface area is 157 Å². The maximum Gasteiger partial charge on any atom is 0.261 e. The fraction of sp³-hybridized carbons (Fsp3) is 0.316. The first kappa shape index (κ1) is 19.3. The van der Waals surface area contributed by atoms with Crippen LogP contribution in [0.15, 0.2) is 47.4 Å². The molecular weight excluding hydrogens is 371 g/mol. The summed E-state index contributed by atoms with van der Waals surface area (Å²) in [4.78, 5) is 12.5. The molecule has 0 fully saturated rings. The Balaban J connectivity index is 1.62. The number of fused-ring (bicyclic) bond motifs is 1. The highest BCUT2D eigenvalue weighted by molar-refractivity contribution is 7.89. The van der Waals surface area contributed by atoms with Gasteiger partial charge in [0.05, 0.1) is 4.90 Å². The van der Waals surface area contributed by atoms with Crippen LogP contribution in [0.5, 0.6) is 5.75 Å². The van der Waals surface area contributed by atoms with Crippen LogP contribution in [-0.2, 0) is 27.8 Å². The first-order valence-corrected chi connectivity index (χ1v) is 10.1. The minimum absolute atomic E-state index is 0.142. The van der Waals surface area contributed by atoms with E-state index in [0.717, 1.165) is 0 Å². The molecule has 1 amide bonds. The SMILES string of the molecule is CC(C)NS(=O)(=O)c1cccc(CNC(=O)C2Cc3cc(F)ccc3O2)c1. The van der Waals surface area contributed by atoms with Crippen LogP contribution >= 0.6 is 0 Å². The molecule has 0 aliphatic carbocycles. The van der Waals surface area contributed by atoms with Gasteiger partial charge in [-0.25, -0.2) is 17.5 Å². The van der Waals surface area contributed by atoms with Crippen LogP contribution in [0, 0.1) is 5.82 Å². The van der Waals surface area contributed by atoms with E-state index in [1.165, 1.54) is 30.3 Å². The zero-order valence-electron chi connectivity index (χ0n) is 15.0. The Morgan fingerprint density at radius 2 is 2.04 bits per heavy atom. The Morgan fingerprint density at radius 1 is 1.26 bits per heavy atom. The van der Waals surface area contributed by atoms with Gasteiger partial charge in [-0.05, 0) is 49.7 Å². The fourth-order valence-corrected chi connectivity index (χ4v) is 4.19. The van der Waals surface area contributed by atoms with Crippen LogP contribution in [0.4, 0.5) is 4.39 Å². The molecule has 144 valence electrons. The lowest BCUT2D eigenvalue weighted by Gasteiger charge is -2.13. The van der Waals surface area contributed by atoms with Crippen molar-refractivity contribution >= 4 is 15.9 Å². The maximum absolute atomic E-state index is 13.3. The third-order valence-corrected chi connectivity index (χ3v) is 5.71. The zero-order chi connectivity index (χ0) is 19.6. The van der Waals surface area contributed by atoms with Crippen LogP contribution in [-0.4, -0.2) is 26.5 Å². The number of hydrogen-bond acceptors (Lipinski definition) is 4. The molecule has 8 heteroatoms. The van der Waals surface area contributed by atoms with Crippen molar-refractivity contribution < 1.29 is 22.3 Å². The minimum atomic E-state index is -3.60. The Hall–Kier alpha value is -2.45. The van der Waals surface area contributed by atoms with Gasteiger partial charge in [0.15, 0.2) is 6.10 Å². The van der Waals surface area contributed by atoms with E-state index in [9.17, 15) is 17.6 Å². The molecule has 1 aliphatic rings. The van der Waals surface area contributed by atoms with Gasteiger partial charge < -0.3 is 10.1 Å². The van der Waals surface area contributed by atoms with Gasteiger partial charge in [-0.15, -0.1) is 0 Å². The molecule has 1 unspecified atom stereocenters. The summed E-state index contributed by atoms with van der Waals surface area (Å²) < 4.78 is 45.8. The van der Waals surface area contributed by atoms with E-state index in [1.807, 2.05) is 0 Å². The third kappa shape index (κ3) is 4.64. The summed E-state index contributed by atoms with van der Waals surface area (Å²) in [5.74, 6) is -0.198. The molecule has 0 spiro atoms. The zero-order valence-corrected chi connectivity index (χ0v) is 15.8. The number of amides is 1. The van der Waals surface area contributed by atoms with E-state index in [4.69, 9.17) is 4.74 Å². The standard InChI is InChI=1S/C19H21FN2O4S/c1-12(2)22-27(24,25)16-5-3-4-13(8-16)11-21-19(23)18-10-14-9-15(20)6-7-17(14)26-18/h3-9,12,18,22H,10-11H2,1-2H3,(H,21,23). The first-order chi connectivity index (χ1) is 12.7. The quantitative estimate of drug-likeness (QED) is 0.789. The van der Waals surface area contributed by atoms with Gasteiger partial charge >= 0.3 is 0 Å². The highest BCUT2D eigenvalue weighted by Gasteiger charge is 2.29. The molecule has 2 N–H and O–H groups in total. The van der Waals surface area contributed by atoms with Crippen LogP contribution in [0.25, 0.3) is 0 Å². The van der Waals surface area contributed by atoms with E-state index in [2.05, 4.69) is 10.0 Å². The summed E-state index contributed by atoms with van der Waals surface area (Å²) in [5, 5.41) is 2.74. The van der Waals surface area contributed by atoms with Crippen LogP contribution < -0.4 is 14.8 Å². The average molecular weight is 392 g/mol. The van der Waals surface area contributed by atoms with Crippen molar-refractivity contribution in [3.63, 3.8) is 0 Å². The normalized spacial score (nSPS) is 16.1. The number of hydrogen-bond donors (Lipinski definition) is 2. The van der Waals surface area contributed by atoms with Crippen molar-refractivity contribution in [2.45, 2.75) is 43.9 Å². The average Bonchev–Trinajstić information content (AvgIpc) is 3.02. The van der Waals surface area contributed by atoms with Crippen LogP contribution in [0.3, 0.4) is 0 Å². The lowest BCUT2D eigenvalue weighted by molar-refractivity contribution is -0.127. The second kappa shape index (κ2) is 7.66. The van der Waals surface area contributed by atoms with Crippen LogP contribution in [0.2, 0.25) is 0 Å². The predicted molar refractivity (Wildman–Crippen MR) is 98.3 cm³/mol. The highest BCUT2D eigenvalue weighted by atomic mass is 32.2. The van der Waals surface area contributed by atoms with Gasteiger partial charge in [-0.1, -0.05) is 12.1 Å². The molecule has 2 aromatic rings. The van der Waals surface area contributed by atoms with E-state index >= 15 is 0 Å². The van der Waals surface area contributed by atoms with Gasteiger partial charge in [0.25, 0.3) is 5.91 Å². The largest absolute Gasteiger partial charge is 0.480 e. The number of carbonyl (C=O) groups excluding carboxylic acids is 1. The van der Waals surface area contributed by atoms with Crippen molar-refractivity contribution in [3.8, 4) is 5.75 Å². The van der Waals surface area contributed by atoms with Crippen molar-refractivity contribution in [2.24, 2.45) is 0 Å². The third-order valence-electron chi connectivity index (χ3n) is 4.06. The molecule has 1 atom stereocenters. The van der Waals surface area contributed by atoms with E-state index in [-0.39, 0.29) is 29.2 Å². The maximum atomic E-state index is 13.3. The van der Waals surface area contributed by atoms with Gasteiger partial charge in [0.1, 0.15) is 11.6 Å². The topological polar surface area (TPSA) is 84.5 Å². The smallest absolute Gasteiger partial charge is 0.261 e. The molecule has 0 aromatic heterocycles. The molecule has 0 saturated carbocycles. The number of sulfonamides is 1. The minimum Gasteiger partial charge on any atom is -0.480 e. The summed E-state index contributed by atoms with van der Waals surface area (Å²) in [6.07, 6.45) is -0.428. The molecule has 3 rings (SSSR count). The van der Waals surface area contributed by atoms with Crippen molar-refractivity contribution in [1.29, 1.82) is 0 Å². The summed E-state index contributed by atoms with van der Waals surface area (Å²) in [6.45, 7) is 3.65. The fourth-order valence-electron chi connectivity index (χ4n) is 2.87. The summed E-state index contributed by atoms with van der Waals surface area (Å²) in [7, 11) is -3.60. The number of rotatable bonds is 6. The number of ether oxygens (including phenoxy) is 1. The Morgan fingerprint density at radius 3 is 2.78 bits per heavy atom. The van der Waals surface area contributed by atoms with Gasteiger partial charge in [0.2, 0.25) is 10.0 Å². The number of carbonyl (C=O) groups is 1. The van der Waals surface area contributed by atoms with Crippen LogP contribution in [0.1, 0.15) is 25.0 Å². The molecule has 0 saturated heterocycles. The van der Waals surface area contributed by atoms with Crippen molar-refractivity contribution in [1.82, 2.24) is 10.0 Å². The molecule has 0 radical (unpaired) electrons. The van der Waals surface area contributed by atoms with E-state index in [1.54, 1.807) is 26.0 Å². The molecule has 2 aromatic carbocycles. The van der Waals surface area contributed by atoms with Gasteiger partial charge in [-0.3, -0.25) is 4.79 Å². The summed E-state index contributed by atoms with van der Waals surface area (Å²) in [6, 6.07) is 10.3. The second-order valence-corrected chi connectivity index (χ2v) is 8.42. The van der Waals surface area contributed by atoms with E-state index in [0.29, 0.717) is 23.3 Å². The Bertz CT molecular complexity index is 960. The van der Waals surface area contributed by atoms with E-state index < -0.39 is 16.1 Å². The summed E-state index contributed by atoms with van der Waals surface area (Å²) in [5.41, 5.74) is 1.31. The van der Waals surface area contributed by atoms with Crippen molar-refractivity contribution in [2.75, 3.05) is 0 Å².